The molecule has 2 atom stereocenters. The minimum absolute atomic E-state index is 0.0575. The Morgan fingerprint density at radius 1 is 0.538 bits per heavy atom. The van der Waals surface area contributed by atoms with Crippen molar-refractivity contribution in [3.05, 3.63) is 0 Å². The highest BCUT2D eigenvalue weighted by Crippen LogP contribution is 2.24. The molecule has 0 aromatic heterocycles. The molecule has 0 aliphatic heterocycles. The van der Waals surface area contributed by atoms with Gasteiger partial charge in [-0.2, -0.15) is 0 Å². The summed E-state index contributed by atoms with van der Waals surface area (Å²) >= 11 is 0. The summed E-state index contributed by atoms with van der Waals surface area (Å²) in [7, 11) is 0. The van der Waals surface area contributed by atoms with Crippen molar-refractivity contribution < 1.29 is 9.84 Å². The molecular weight excluding hydrogens is 482 g/mol. The van der Waals surface area contributed by atoms with E-state index in [1.165, 1.54) is 89.9 Å². The maximum absolute atomic E-state index is 9.38. The molecule has 4 rings (SSSR count). The summed E-state index contributed by atoms with van der Waals surface area (Å²) in [5.74, 6) is 0. The summed E-state index contributed by atoms with van der Waals surface area (Å²) in [4.78, 5) is 0. The Bertz CT molecular complexity index is 535. The lowest BCUT2D eigenvalue weighted by Gasteiger charge is -2.30. The van der Waals surface area contributed by atoms with Crippen molar-refractivity contribution >= 4 is 0 Å². The van der Waals surface area contributed by atoms with Crippen LogP contribution in [0.15, 0.2) is 0 Å². The van der Waals surface area contributed by atoms with Crippen LogP contribution in [0, 0.1) is 0 Å². The van der Waals surface area contributed by atoms with E-state index in [1.807, 2.05) is 0 Å². The Balaban J connectivity index is 0.000000261. The SMILES string of the molecule is CC(C)(C)OC1CCCCC1.CC(C)NC1CCCC1.CC(C)NC1CCCC1.CC(C)NC1CCCC1O. The first-order valence-electron chi connectivity index (χ1n) is 17.0. The Kier molecular flexibility index (Phi) is 19.5. The van der Waals surface area contributed by atoms with E-state index in [9.17, 15) is 5.11 Å². The van der Waals surface area contributed by atoms with Crippen LogP contribution in [0.3, 0.4) is 0 Å². The van der Waals surface area contributed by atoms with Crippen molar-refractivity contribution in [1.82, 2.24) is 16.0 Å². The Morgan fingerprint density at radius 2 is 0.949 bits per heavy atom. The monoisotopic (exact) mass is 554 g/mol. The minimum Gasteiger partial charge on any atom is -0.392 e. The molecule has 2 unspecified atom stereocenters. The maximum Gasteiger partial charge on any atom is 0.0693 e. The van der Waals surface area contributed by atoms with Crippen LogP contribution in [0.2, 0.25) is 0 Å². The molecule has 4 aliphatic rings. The van der Waals surface area contributed by atoms with Crippen molar-refractivity contribution in [2.75, 3.05) is 0 Å². The molecule has 0 radical (unpaired) electrons. The van der Waals surface area contributed by atoms with E-state index in [2.05, 4.69) is 78.3 Å². The molecule has 0 saturated heterocycles. The second kappa shape index (κ2) is 20.6. The smallest absolute Gasteiger partial charge is 0.0693 e. The van der Waals surface area contributed by atoms with E-state index >= 15 is 0 Å². The van der Waals surface area contributed by atoms with Gasteiger partial charge in [-0.05, 0) is 78.6 Å². The molecule has 0 aromatic rings. The Morgan fingerprint density at radius 3 is 1.28 bits per heavy atom. The van der Waals surface area contributed by atoms with Gasteiger partial charge >= 0.3 is 0 Å². The first kappa shape index (κ1) is 36.8. The number of nitrogens with one attached hydrogen (secondary N) is 3. The normalized spacial score (nSPS) is 24.8. The zero-order chi connectivity index (χ0) is 29.3. The van der Waals surface area contributed by atoms with Crippen LogP contribution in [-0.4, -0.2) is 59.2 Å². The molecule has 0 amide bonds. The first-order valence-corrected chi connectivity index (χ1v) is 17.0. The fourth-order valence-electron chi connectivity index (χ4n) is 6.37. The molecule has 5 heteroatoms. The topological polar surface area (TPSA) is 65.5 Å². The van der Waals surface area contributed by atoms with Crippen LogP contribution in [-0.2, 0) is 4.74 Å². The molecule has 0 spiro atoms. The van der Waals surface area contributed by atoms with E-state index < -0.39 is 0 Å². The van der Waals surface area contributed by atoms with Gasteiger partial charge in [0.15, 0.2) is 0 Å². The average Bonchev–Trinajstić information content (AvgIpc) is 3.59. The van der Waals surface area contributed by atoms with Gasteiger partial charge < -0.3 is 25.8 Å². The third-order valence-corrected chi connectivity index (χ3v) is 7.95. The molecule has 234 valence electrons. The molecule has 5 nitrogen and oxygen atoms in total. The molecule has 0 bridgehead atoms. The fraction of sp³-hybridized carbons (Fsp3) is 1.00. The number of hydrogen-bond donors (Lipinski definition) is 4. The molecule has 4 aliphatic carbocycles. The van der Waals surface area contributed by atoms with E-state index in [1.54, 1.807) is 0 Å². The third-order valence-electron chi connectivity index (χ3n) is 7.95. The van der Waals surface area contributed by atoms with Gasteiger partial charge in [0, 0.05) is 36.3 Å². The van der Waals surface area contributed by atoms with E-state index in [0.717, 1.165) is 24.9 Å². The van der Waals surface area contributed by atoms with Crippen molar-refractivity contribution in [2.24, 2.45) is 0 Å². The second-order valence-corrected chi connectivity index (χ2v) is 14.5. The number of aliphatic hydroxyl groups excluding tert-OH is 1. The fourth-order valence-corrected chi connectivity index (χ4v) is 6.37. The zero-order valence-corrected chi connectivity index (χ0v) is 27.8. The molecule has 4 fully saturated rings. The Hall–Kier alpha value is -0.200. The van der Waals surface area contributed by atoms with E-state index in [4.69, 9.17) is 4.74 Å². The highest BCUT2D eigenvalue weighted by molar-refractivity contribution is 4.83. The van der Waals surface area contributed by atoms with Crippen LogP contribution < -0.4 is 16.0 Å². The van der Waals surface area contributed by atoms with Gasteiger partial charge in [0.25, 0.3) is 0 Å². The number of rotatable bonds is 7. The highest BCUT2D eigenvalue weighted by atomic mass is 16.5. The zero-order valence-electron chi connectivity index (χ0n) is 27.8. The predicted octanol–water partition coefficient (Wildman–Crippen LogP) is 7.89. The lowest BCUT2D eigenvalue weighted by Crippen LogP contribution is -2.39. The van der Waals surface area contributed by atoms with Crippen molar-refractivity contribution in [3.8, 4) is 0 Å². The van der Waals surface area contributed by atoms with Gasteiger partial charge in [-0.25, -0.2) is 0 Å². The third kappa shape index (κ3) is 20.3. The van der Waals surface area contributed by atoms with Gasteiger partial charge in [-0.1, -0.05) is 86.5 Å². The van der Waals surface area contributed by atoms with E-state index in [-0.39, 0.29) is 11.7 Å². The summed E-state index contributed by atoms with van der Waals surface area (Å²) in [6.45, 7) is 19.5. The quantitative estimate of drug-likeness (QED) is 0.258. The van der Waals surface area contributed by atoms with Gasteiger partial charge in [0.2, 0.25) is 0 Å². The number of aliphatic hydroxyl groups is 1. The average molecular weight is 554 g/mol. The molecule has 4 N–H and O–H groups in total. The van der Waals surface area contributed by atoms with Crippen molar-refractivity contribution in [1.29, 1.82) is 0 Å². The van der Waals surface area contributed by atoms with Crippen LogP contribution in [0.1, 0.15) is 165 Å². The summed E-state index contributed by atoms with van der Waals surface area (Å²) in [6.07, 6.45) is 21.8. The molecule has 0 heterocycles. The summed E-state index contributed by atoms with van der Waals surface area (Å²) < 4.78 is 5.88. The van der Waals surface area contributed by atoms with E-state index in [0.29, 0.717) is 30.3 Å². The van der Waals surface area contributed by atoms with Crippen molar-refractivity contribution in [3.63, 3.8) is 0 Å². The van der Waals surface area contributed by atoms with Crippen molar-refractivity contribution in [2.45, 2.75) is 219 Å². The lowest BCUT2D eigenvalue weighted by atomic mass is 9.97. The lowest BCUT2D eigenvalue weighted by molar-refractivity contribution is -0.0732. The van der Waals surface area contributed by atoms with Gasteiger partial charge in [-0.3, -0.25) is 0 Å². The van der Waals surface area contributed by atoms with Crippen LogP contribution in [0.25, 0.3) is 0 Å². The van der Waals surface area contributed by atoms with Crippen LogP contribution in [0.5, 0.6) is 0 Å². The highest BCUT2D eigenvalue weighted by Gasteiger charge is 2.25. The van der Waals surface area contributed by atoms with Gasteiger partial charge in [0.1, 0.15) is 0 Å². The van der Waals surface area contributed by atoms with Crippen LogP contribution in [0.4, 0.5) is 0 Å². The largest absolute Gasteiger partial charge is 0.392 e. The Labute approximate surface area is 244 Å². The van der Waals surface area contributed by atoms with Gasteiger partial charge in [-0.15, -0.1) is 0 Å². The molecular formula is C34H71N3O2. The number of hydrogen-bond acceptors (Lipinski definition) is 5. The summed E-state index contributed by atoms with van der Waals surface area (Å²) in [5.41, 5.74) is 0.0575. The molecule has 39 heavy (non-hydrogen) atoms. The van der Waals surface area contributed by atoms with Gasteiger partial charge in [0.05, 0.1) is 17.8 Å². The second-order valence-electron chi connectivity index (χ2n) is 14.5. The van der Waals surface area contributed by atoms with Crippen LogP contribution >= 0.6 is 0 Å². The first-order chi connectivity index (χ1) is 18.4. The number of ether oxygens (including phenoxy) is 1. The standard InChI is InChI=1S/C10H20O.C8H17NO.2C8H17N/c1-10(2,3)11-9-7-5-4-6-8-9;1-6(2)9-7-4-3-5-8(7)10;2*1-7(2)9-8-5-3-4-6-8/h9H,4-8H2,1-3H3;6-10H,3-5H2,1-2H3;2*7-9H,3-6H2,1-2H3. The molecule has 4 saturated carbocycles. The maximum atomic E-state index is 9.38. The summed E-state index contributed by atoms with van der Waals surface area (Å²) in [5, 5.41) is 19.8. The summed E-state index contributed by atoms with van der Waals surface area (Å²) in [6, 6.07) is 3.88. The predicted molar refractivity (Wildman–Crippen MR) is 171 cm³/mol. The molecule has 0 aromatic carbocycles. The minimum atomic E-state index is -0.0950.